The number of hydrogen-bond acceptors (Lipinski definition) is 5. The summed E-state index contributed by atoms with van der Waals surface area (Å²) in [5.41, 5.74) is 1.94. The molecule has 3 aromatic rings. The summed E-state index contributed by atoms with van der Waals surface area (Å²) < 4.78 is 16.1. The predicted octanol–water partition coefficient (Wildman–Crippen LogP) is 5.09. The fourth-order valence-corrected chi connectivity index (χ4v) is 2.88. The highest BCUT2D eigenvalue weighted by Gasteiger charge is 2.12. The molecule has 154 valence electrons. The number of rotatable bonds is 9. The van der Waals surface area contributed by atoms with Crippen LogP contribution >= 0.6 is 0 Å². The lowest BCUT2D eigenvalue weighted by Crippen LogP contribution is -2.10. The van der Waals surface area contributed by atoms with Gasteiger partial charge in [0.25, 0.3) is 0 Å². The number of aryl methyl sites for hydroxylation is 1. The summed E-state index contributed by atoms with van der Waals surface area (Å²) in [6, 6.07) is 23.2. The van der Waals surface area contributed by atoms with Crippen LogP contribution in [0.1, 0.15) is 39.6 Å². The third-order valence-electron chi connectivity index (χ3n) is 4.37. The molecule has 0 unspecified atom stereocenters. The molecule has 3 rings (SSSR count). The molecule has 0 spiro atoms. The van der Waals surface area contributed by atoms with E-state index in [-0.39, 0.29) is 5.75 Å². The van der Waals surface area contributed by atoms with Crippen molar-refractivity contribution < 1.29 is 23.8 Å². The largest absolute Gasteiger partial charge is 0.494 e. The predicted molar refractivity (Wildman–Crippen MR) is 114 cm³/mol. The highest BCUT2D eigenvalue weighted by atomic mass is 16.5. The number of esters is 2. The summed E-state index contributed by atoms with van der Waals surface area (Å²) in [6.07, 6.45) is 1.58. The van der Waals surface area contributed by atoms with Crippen LogP contribution in [0, 0.1) is 0 Å². The van der Waals surface area contributed by atoms with Crippen molar-refractivity contribution in [3.63, 3.8) is 0 Å². The number of ether oxygens (including phenoxy) is 3. The van der Waals surface area contributed by atoms with E-state index in [9.17, 15) is 9.59 Å². The molecule has 0 amide bonds. The summed E-state index contributed by atoms with van der Waals surface area (Å²) in [5, 5.41) is 0. The van der Waals surface area contributed by atoms with Crippen LogP contribution in [0.4, 0.5) is 0 Å². The topological polar surface area (TPSA) is 61.8 Å². The van der Waals surface area contributed by atoms with Gasteiger partial charge in [-0.3, -0.25) is 0 Å². The van der Waals surface area contributed by atoms with Gasteiger partial charge in [-0.2, -0.15) is 0 Å². The lowest BCUT2D eigenvalue weighted by molar-refractivity contribution is 0.0498. The fourth-order valence-electron chi connectivity index (χ4n) is 2.88. The van der Waals surface area contributed by atoms with E-state index in [4.69, 9.17) is 14.2 Å². The first-order valence-corrected chi connectivity index (χ1v) is 9.92. The highest BCUT2D eigenvalue weighted by molar-refractivity contribution is 5.92. The molecule has 5 nitrogen and oxygen atoms in total. The van der Waals surface area contributed by atoms with E-state index < -0.39 is 11.9 Å². The minimum absolute atomic E-state index is 0.285. The number of carbonyl (C=O) groups is 2. The molecule has 0 saturated heterocycles. The zero-order valence-corrected chi connectivity index (χ0v) is 16.9. The molecule has 0 aromatic heterocycles. The first-order valence-electron chi connectivity index (χ1n) is 9.92. The van der Waals surface area contributed by atoms with Crippen LogP contribution < -0.4 is 9.47 Å². The fraction of sp³-hybridized carbons (Fsp3) is 0.200. The Morgan fingerprint density at radius 2 is 1.53 bits per heavy atom. The average Bonchev–Trinajstić information content (AvgIpc) is 2.78. The van der Waals surface area contributed by atoms with Crippen LogP contribution in [0.15, 0.2) is 78.9 Å². The van der Waals surface area contributed by atoms with Gasteiger partial charge in [-0.15, -0.1) is 0 Å². The van der Waals surface area contributed by atoms with E-state index >= 15 is 0 Å². The van der Waals surface area contributed by atoms with Crippen LogP contribution in [0.25, 0.3) is 0 Å². The molecule has 30 heavy (non-hydrogen) atoms. The second-order valence-electron chi connectivity index (χ2n) is 6.60. The van der Waals surface area contributed by atoms with E-state index in [0.29, 0.717) is 30.1 Å². The highest BCUT2D eigenvalue weighted by Crippen LogP contribution is 2.18. The van der Waals surface area contributed by atoms with Crippen molar-refractivity contribution in [2.75, 3.05) is 13.2 Å². The monoisotopic (exact) mass is 404 g/mol. The van der Waals surface area contributed by atoms with Crippen molar-refractivity contribution in [2.45, 2.75) is 19.8 Å². The summed E-state index contributed by atoms with van der Waals surface area (Å²) in [6.45, 7) is 2.77. The smallest absolute Gasteiger partial charge is 0.343 e. The Kier molecular flexibility index (Phi) is 7.61. The van der Waals surface area contributed by atoms with Crippen molar-refractivity contribution in [2.24, 2.45) is 0 Å². The van der Waals surface area contributed by atoms with Gasteiger partial charge in [-0.25, -0.2) is 9.59 Å². The Hall–Kier alpha value is -3.60. The van der Waals surface area contributed by atoms with E-state index in [1.54, 1.807) is 42.5 Å². The first kappa shape index (κ1) is 21.1. The van der Waals surface area contributed by atoms with E-state index in [1.807, 2.05) is 37.3 Å². The van der Waals surface area contributed by atoms with Gasteiger partial charge in [-0.1, -0.05) is 36.4 Å². The molecule has 5 heteroatoms. The SMILES string of the molecule is CCOc1ccc(C(=O)Oc2cccc(C(=O)OCCCc3ccccc3)c2)cc1. The van der Waals surface area contributed by atoms with Gasteiger partial charge in [0.05, 0.1) is 24.3 Å². The van der Waals surface area contributed by atoms with Crippen molar-refractivity contribution in [3.8, 4) is 11.5 Å². The van der Waals surface area contributed by atoms with Crippen LogP contribution in [-0.4, -0.2) is 25.2 Å². The van der Waals surface area contributed by atoms with Crippen molar-refractivity contribution >= 4 is 11.9 Å². The first-order chi connectivity index (χ1) is 14.7. The number of hydrogen-bond donors (Lipinski definition) is 0. The Morgan fingerprint density at radius 1 is 0.767 bits per heavy atom. The van der Waals surface area contributed by atoms with Gasteiger partial charge < -0.3 is 14.2 Å². The van der Waals surface area contributed by atoms with Crippen molar-refractivity contribution in [1.29, 1.82) is 0 Å². The summed E-state index contributed by atoms with van der Waals surface area (Å²) >= 11 is 0. The minimum atomic E-state index is -0.508. The molecular formula is C25H24O5. The van der Waals surface area contributed by atoms with E-state index in [2.05, 4.69) is 0 Å². The summed E-state index contributed by atoms with van der Waals surface area (Å²) in [4.78, 5) is 24.6. The zero-order valence-electron chi connectivity index (χ0n) is 16.9. The van der Waals surface area contributed by atoms with Gasteiger partial charge in [0.15, 0.2) is 0 Å². The molecule has 3 aromatic carbocycles. The molecule has 0 saturated carbocycles. The lowest BCUT2D eigenvalue weighted by Gasteiger charge is -2.08. The van der Waals surface area contributed by atoms with Crippen LogP contribution in [0.3, 0.4) is 0 Å². The van der Waals surface area contributed by atoms with Crippen LogP contribution in [-0.2, 0) is 11.2 Å². The molecule has 0 aliphatic carbocycles. The van der Waals surface area contributed by atoms with Crippen molar-refractivity contribution in [3.05, 3.63) is 95.6 Å². The molecule has 0 aliphatic rings. The number of carbonyl (C=O) groups excluding carboxylic acids is 2. The van der Waals surface area contributed by atoms with Gasteiger partial charge in [0, 0.05) is 0 Å². The standard InChI is InChI=1S/C25H24O5/c1-2-28-22-15-13-20(14-16-22)25(27)30-23-12-6-11-21(18-23)24(26)29-17-7-10-19-8-4-3-5-9-19/h3-6,8-9,11-16,18H,2,7,10,17H2,1H3. The molecule has 0 bridgehead atoms. The molecule has 0 heterocycles. The summed E-state index contributed by atoms with van der Waals surface area (Å²) in [7, 11) is 0. The minimum Gasteiger partial charge on any atom is -0.494 e. The summed E-state index contributed by atoms with van der Waals surface area (Å²) in [5.74, 6) is 0.0205. The Balaban J connectivity index is 1.51. The average molecular weight is 404 g/mol. The lowest BCUT2D eigenvalue weighted by atomic mass is 10.1. The molecule has 0 atom stereocenters. The Bertz CT molecular complexity index is 964. The van der Waals surface area contributed by atoms with Gasteiger partial charge >= 0.3 is 11.9 Å². The maximum atomic E-state index is 12.3. The normalized spacial score (nSPS) is 10.3. The van der Waals surface area contributed by atoms with E-state index in [0.717, 1.165) is 12.8 Å². The molecule has 0 N–H and O–H groups in total. The quantitative estimate of drug-likeness (QED) is 0.282. The molecule has 0 radical (unpaired) electrons. The third kappa shape index (κ3) is 6.21. The molecule has 0 fully saturated rings. The van der Waals surface area contributed by atoms with Crippen molar-refractivity contribution in [1.82, 2.24) is 0 Å². The van der Waals surface area contributed by atoms with Crippen LogP contribution in [0.5, 0.6) is 11.5 Å². The second-order valence-corrected chi connectivity index (χ2v) is 6.60. The number of benzene rings is 3. The van der Waals surface area contributed by atoms with Gasteiger partial charge in [0.2, 0.25) is 0 Å². The maximum absolute atomic E-state index is 12.3. The van der Waals surface area contributed by atoms with E-state index in [1.165, 1.54) is 11.6 Å². The zero-order chi connectivity index (χ0) is 21.2. The molecular weight excluding hydrogens is 380 g/mol. The third-order valence-corrected chi connectivity index (χ3v) is 4.37. The Labute approximate surface area is 176 Å². The Morgan fingerprint density at radius 3 is 2.27 bits per heavy atom. The van der Waals surface area contributed by atoms with Gasteiger partial charge in [-0.05, 0) is 67.8 Å². The second kappa shape index (κ2) is 10.8. The van der Waals surface area contributed by atoms with Gasteiger partial charge in [0.1, 0.15) is 11.5 Å². The maximum Gasteiger partial charge on any atom is 0.343 e. The van der Waals surface area contributed by atoms with Crippen LogP contribution in [0.2, 0.25) is 0 Å². The molecule has 0 aliphatic heterocycles.